The SMILES string of the molecule is Br.CN(CCc1ccc2c(c1)C(=N)N(CC(=O)c1cc(C(C)(C)C)c(O)c(C(C)(C)C)c1)C2)C(=O)O. The van der Waals surface area contributed by atoms with Gasteiger partial charge in [-0.05, 0) is 46.6 Å². The lowest BCUT2D eigenvalue weighted by molar-refractivity contribution is 0.0962. The van der Waals surface area contributed by atoms with Gasteiger partial charge in [0, 0.05) is 42.4 Å². The third kappa shape index (κ3) is 6.27. The Labute approximate surface area is 224 Å². The predicted molar refractivity (Wildman–Crippen MR) is 148 cm³/mol. The summed E-state index contributed by atoms with van der Waals surface area (Å²) >= 11 is 0. The largest absolute Gasteiger partial charge is 0.507 e. The van der Waals surface area contributed by atoms with Crippen LogP contribution in [0.3, 0.4) is 0 Å². The van der Waals surface area contributed by atoms with E-state index in [2.05, 4.69) is 0 Å². The Morgan fingerprint density at radius 1 is 1.03 bits per heavy atom. The number of nitrogens with one attached hydrogen (secondary N) is 1. The lowest BCUT2D eigenvalue weighted by Gasteiger charge is -2.28. The van der Waals surface area contributed by atoms with Crippen molar-refractivity contribution in [2.75, 3.05) is 20.1 Å². The van der Waals surface area contributed by atoms with Gasteiger partial charge in [0.05, 0.1) is 6.54 Å². The molecule has 2 aromatic rings. The topological polar surface area (TPSA) is 105 Å². The maximum absolute atomic E-state index is 13.4. The predicted octanol–water partition coefficient (Wildman–Crippen LogP) is 5.74. The summed E-state index contributed by atoms with van der Waals surface area (Å²) in [7, 11) is 1.53. The monoisotopic (exact) mass is 559 g/mol. The second kappa shape index (κ2) is 10.6. The average Bonchev–Trinajstić information content (AvgIpc) is 3.05. The van der Waals surface area contributed by atoms with Gasteiger partial charge in [0.1, 0.15) is 11.6 Å². The van der Waals surface area contributed by atoms with E-state index in [4.69, 9.17) is 10.5 Å². The van der Waals surface area contributed by atoms with Crippen LogP contribution in [0.1, 0.15) is 79.7 Å². The third-order valence-corrected chi connectivity index (χ3v) is 6.55. The number of phenolic OH excluding ortho intramolecular Hbond substituents is 1. The van der Waals surface area contributed by atoms with E-state index in [1.54, 1.807) is 17.0 Å². The Bertz CT molecular complexity index is 1140. The van der Waals surface area contributed by atoms with Crippen molar-refractivity contribution >= 4 is 34.7 Å². The molecule has 0 aromatic heterocycles. The van der Waals surface area contributed by atoms with Gasteiger partial charge in [-0.15, -0.1) is 17.0 Å². The standard InChI is InChI=1S/C28H37N3O4.BrH/c1-27(2,3)21-13-19(14-22(24(21)33)28(4,5)6)23(32)16-31-15-18-9-8-17(12-20(18)25(31)29)10-11-30(7)26(34)35;/h8-9,12-14,29,33H,10-11,15-16H2,1-7H3,(H,34,35);1H. The minimum Gasteiger partial charge on any atom is -0.507 e. The molecule has 0 fully saturated rings. The van der Waals surface area contributed by atoms with Crippen LogP contribution in [0.5, 0.6) is 5.75 Å². The second-order valence-corrected chi connectivity index (χ2v) is 11.5. The minimum absolute atomic E-state index is 0. The highest BCUT2D eigenvalue weighted by molar-refractivity contribution is 8.93. The fourth-order valence-electron chi connectivity index (χ4n) is 4.32. The molecule has 2 aromatic carbocycles. The smallest absolute Gasteiger partial charge is 0.407 e. The molecule has 36 heavy (non-hydrogen) atoms. The number of rotatable bonds is 6. The van der Waals surface area contributed by atoms with Gasteiger partial charge >= 0.3 is 6.09 Å². The molecular weight excluding hydrogens is 522 g/mol. The van der Waals surface area contributed by atoms with E-state index in [0.29, 0.717) is 30.9 Å². The molecule has 0 radical (unpaired) electrons. The Morgan fingerprint density at radius 3 is 2.08 bits per heavy atom. The summed E-state index contributed by atoms with van der Waals surface area (Å²) in [5.41, 5.74) is 4.08. The highest BCUT2D eigenvalue weighted by Crippen LogP contribution is 2.40. The molecule has 0 unspecified atom stereocenters. The Kier molecular flexibility index (Phi) is 8.67. The maximum Gasteiger partial charge on any atom is 0.407 e. The van der Waals surface area contributed by atoms with Crippen molar-refractivity contribution in [2.45, 2.75) is 65.3 Å². The van der Waals surface area contributed by atoms with E-state index in [1.807, 2.05) is 59.7 Å². The number of amidine groups is 1. The first-order valence-electron chi connectivity index (χ1n) is 11.9. The summed E-state index contributed by atoms with van der Waals surface area (Å²) in [5.74, 6) is 0.443. The first-order valence-corrected chi connectivity index (χ1v) is 11.9. The Morgan fingerprint density at radius 2 is 1.58 bits per heavy atom. The number of hydrogen-bond donors (Lipinski definition) is 3. The van der Waals surface area contributed by atoms with Crippen molar-refractivity contribution in [1.29, 1.82) is 5.41 Å². The van der Waals surface area contributed by atoms with E-state index in [9.17, 15) is 14.7 Å². The number of Topliss-reactive ketones (excluding diaryl/α,β-unsaturated/α-hetero) is 1. The number of carboxylic acid groups (broad SMARTS) is 1. The molecule has 8 heteroatoms. The molecule has 7 nitrogen and oxygen atoms in total. The molecule has 0 spiro atoms. The van der Waals surface area contributed by atoms with E-state index in [1.165, 1.54) is 11.9 Å². The van der Waals surface area contributed by atoms with E-state index >= 15 is 0 Å². The number of aromatic hydroxyl groups is 1. The fourth-order valence-corrected chi connectivity index (χ4v) is 4.32. The maximum atomic E-state index is 13.4. The van der Waals surface area contributed by atoms with Crippen molar-refractivity contribution in [3.8, 4) is 5.75 Å². The van der Waals surface area contributed by atoms with Gasteiger partial charge in [0.15, 0.2) is 5.78 Å². The number of fused-ring (bicyclic) bond motifs is 1. The normalized spacial score (nSPS) is 13.3. The number of likely N-dealkylation sites (N-methyl/N-ethyl adjacent to an activating group) is 1. The van der Waals surface area contributed by atoms with Crippen LogP contribution >= 0.6 is 17.0 Å². The molecule has 3 N–H and O–H groups in total. The lowest BCUT2D eigenvalue weighted by Crippen LogP contribution is -2.30. The van der Waals surface area contributed by atoms with Gasteiger partial charge in [0.25, 0.3) is 0 Å². The van der Waals surface area contributed by atoms with Crippen molar-refractivity contribution < 1.29 is 19.8 Å². The van der Waals surface area contributed by atoms with E-state index in [-0.39, 0.29) is 45.9 Å². The number of ketones is 1. The van der Waals surface area contributed by atoms with Crippen LogP contribution < -0.4 is 0 Å². The zero-order valence-corrected chi connectivity index (χ0v) is 23.9. The molecule has 1 amide bonds. The number of nitrogens with zero attached hydrogens (tertiary/aromatic N) is 2. The molecule has 196 valence electrons. The van der Waals surface area contributed by atoms with Gasteiger partial charge in [-0.2, -0.15) is 0 Å². The molecule has 0 aliphatic carbocycles. The summed E-state index contributed by atoms with van der Waals surface area (Å²) in [6.07, 6.45) is -0.414. The van der Waals surface area contributed by atoms with Crippen molar-refractivity contribution in [2.24, 2.45) is 0 Å². The number of amides is 1. The Hall–Kier alpha value is -2.87. The first kappa shape index (κ1) is 29.4. The number of benzene rings is 2. The van der Waals surface area contributed by atoms with E-state index < -0.39 is 6.09 Å². The third-order valence-electron chi connectivity index (χ3n) is 6.55. The van der Waals surface area contributed by atoms with Crippen LogP contribution in [0, 0.1) is 5.41 Å². The number of hydrogen-bond acceptors (Lipinski definition) is 4. The summed E-state index contributed by atoms with van der Waals surface area (Å²) < 4.78 is 0. The van der Waals surface area contributed by atoms with Crippen molar-refractivity contribution in [3.63, 3.8) is 0 Å². The summed E-state index contributed by atoms with van der Waals surface area (Å²) in [6.45, 7) is 13.0. The van der Waals surface area contributed by atoms with Gasteiger partial charge in [-0.1, -0.05) is 53.7 Å². The number of halogens is 1. The number of phenols is 1. The second-order valence-electron chi connectivity index (χ2n) is 11.5. The molecular formula is C28H38BrN3O4. The number of carbonyl (C=O) groups is 2. The van der Waals surface area contributed by atoms with E-state index in [0.717, 1.165) is 27.8 Å². The van der Waals surface area contributed by atoms with Crippen LogP contribution in [0.2, 0.25) is 0 Å². The molecule has 1 heterocycles. The molecule has 0 atom stereocenters. The first-order chi connectivity index (χ1) is 16.1. The van der Waals surface area contributed by atoms with Crippen LogP contribution in [0.15, 0.2) is 30.3 Å². The lowest BCUT2D eigenvalue weighted by atomic mass is 9.78. The van der Waals surface area contributed by atoms with Crippen LogP contribution in [0.25, 0.3) is 0 Å². The fraction of sp³-hybridized carbons (Fsp3) is 0.464. The quantitative estimate of drug-likeness (QED) is 0.391. The summed E-state index contributed by atoms with van der Waals surface area (Å²) in [5, 5.41) is 28.7. The highest BCUT2D eigenvalue weighted by Gasteiger charge is 2.30. The molecule has 0 saturated carbocycles. The summed E-state index contributed by atoms with van der Waals surface area (Å²) in [4.78, 5) is 27.4. The van der Waals surface area contributed by atoms with Gasteiger partial charge in [-0.25, -0.2) is 4.79 Å². The molecule has 1 aliphatic rings. The molecule has 0 saturated heterocycles. The van der Waals surface area contributed by atoms with Gasteiger partial charge in [0.2, 0.25) is 0 Å². The van der Waals surface area contributed by atoms with Gasteiger partial charge < -0.3 is 20.0 Å². The van der Waals surface area contributed by atoms with Crippen LogP contribution in [-0.4, -0.2) is 57.9 Å². The zero-order valence-electron chi connectivity index (χ0n) is 22.2. The van der Waals surface area contributed by atoms with Crippen LogP contribution in [-0.2, 0) is 23.8 Å². The van der Waals surface area contributed by atoms with Crippen LogP contribution in [0.4, 0.5) is 4.79 Å². The molecule has 3 rings (SSSR count). The Balaban J connectivity index is 0.00000456. The van der Waals surface area contributed by atoms with Gasteiger partial charge in [-0.3, -0.25) is 10.2 Å². The molecule has 1 aliphatic heterocycles. The zero-order chi connectivity index (χ0) is 26.3. The molecule has 0 bridgehead atoms. The average molecular weight is 561 g/mol. The minimum atomic E-state index is -0.970. The van der Waals surface area contributed by atoms with Crippen molar-refractivity contribution in [1.82, 2.24) is 9.80 Å². The highest BCUT2D eigenvalue weighted by atomic mass is 79.9. The summed E-state index contributed by atoms with van der Waals surface area (Å²) in [6, 6.07) is 9.42. The number of carbonyl (C=O) groups excluding carboxylic acids is 1. The van der Waals surface area contributed by atoms with Crippen molar-refractivity contribution in [3.05, 3.63) is 63.7 Å².